The van der Waals surface area contributed by atoms with Gasteiger partial charge in [0.15, 0.2) is 5.11 Å². The molecule has 74 valence electrons. The summed E-state index contributed by atoms with van der Waals surface area (Å²) in [5.74, 6) is 5.12. The number of hydrazine groups is 1. The molecule has 3 nitrogen and oxygen atoms in total. The standard InChI is InChI=1S/C9H17N3S/c10-12-9(13)11-7-6-8-4-2-1-3-5-8/h4H,1-3,5-7,10H2,(H2,11,12,13). The summed E-state index contributed by atoms with van der Waals surface area (Å²) < 4.78 is 0. The molecule has 4 N–H and O–H groups in total. The molecule has 0 fully saturated rings. The lowest BCUT2D eigenvalue weighted by Crippen LogP contribution is -2.40. The lowest BCUT2D eigenvalue weighted by Gasteiger charge is -2.13. The number of hydrogen-bond donors (Lipinski definition) is 3. The molecule has 0 saturated carbocycles. The van der Waals surface area contributed by atoms with Gasteiger partial charge >= 0.3 is 0 Å². The van der Waals surface area contributed by atoms with Crippen molar-refractivity contribution in [1.82, 2.24) is 10.7 Å². The predicted molar refractivity (Wildman–Crippen MR) is 59.1 cm³/mol. The molecule has 0 aliphatic heterocycles. The molecule has 0 aromatic carbocycles. The minimum atomic E-state index is 0.524. The second-order valence-corrected chi connectivity index (χ2v) is 3.67. The van der Waals surface area contributed by atoms with Crippen molar-refractivity contribution in [3.05, 3.63) is 11.6 Å². The molecular formula is C9H17N3S. The highest BCUT2D eigenvalue weighted by Crippen LogP contribution is 2.19. The molecule has 0 bridgehead atoms. The summed E-state index contributed by atoms with van der Waals surface area (Å²) in [5.41, 5.74) is 3.96. The van der Waals surface area contributed by atoms with E-state index < -0.39 is 0 Å². The summed E-state index contributed by atoms with van der Waals surface area (Å²) >= 11 is 4.86. The third kappa shape index (κ3) is 4.24. The van der Waals surface area contributed by atoms with E-state index in [2.05, 4.69) is 16.8 Å². The van der Waals surface area contributed by atoms with Gasteiger partial charge in [0.05, 0.1) is 0 Å². The van der Waals surface area contributed by atoms with Gasteiger partial charge in [0.25, 0.3) is 0 Å². The third-order valence-corrected chi connectivity index (χ3v) is 2.51. The van der Waals surface area contributed by atoms with Crippen LogP contribution in [0.1, 0.15) is 32.1 Å². The monoisotopic (exact) mass is 199 g/mol. The van der Waals surface area contributed by atoms with Gasteiger partial charge in [0, 0.05) is 6.54 Å². The van der Waals surface area contributed by atoms with E-state index in [0.29, 0.717) is 5.11 Å². The molecule has 0 amide bonds. The molecule has 0 saturated heterocycles. The van der Waals surface area contributed by atoms with Crippen LogP contribution >= 0.6 is 12.2 Å². The zero-order chi connectivity index (χ0) is 9.52. The Hall–Kier alpha value is -0.610. The zero-order valence-corrected chi connectivity index (χ0v) is 8.62. The summed E-state index contributed by atoms with van der Waals surface area (Å²) in [6.07, 6.45) is 8.62. The Kier molecular flexibility index (Phi) is 4.78. The van der Waals surface area contributed by atoms with Crippen LogP contribution in [0.15, 0.2) is 11.6 Å². The first-order chi connectivity index (χ1) is 6.33. The molecule has 0 unspecified atom stereocenters. The first kappa shape index (κ1) is 10.5. The molecule has 0 spiro atoms. The topological polar surface area (TPSA) is 50.1 Å². The van der Waals surface area contributed by atoms with Crippen molar-refractivity contribution in [3.8, 4) is 0 Å². The summed E-state index contributed by atoms with van der Waals surface area (Å²) in [7, 11) is 0. The summed E-state index contributed by atoms with van der Waals surface area (Å²) in [6.45, 7) is 0.884. The molecule has 0 aromatic rings. The highest BCUT2D eigenvalue weighted by atomic mass is 32.1. The lowest BCUT2D eigenvalue weighted by molar-refractivity contribution is 0.667. The third-order valence-electron chi connectivity index (χ3n) is 2.25. The first-order valence-electron chi connectivity index (χ1n) is 4.75. The average Bonchev–Trinajstić information content (AvgIpc) is 2.19. The summed E-state index contributed by atoms with van der Waals surface area (Å²) in [6, 6.07) is 0. The molecule has 0 heterocycles. The maximum atomic E-state index is 5.12. The SMILES string of the molecule is NNC(=S)NCCC1=CCCCC1. The number of nitrogens with one attached hydrogen (secondary N) is 2. The Morgan fingerprint density at radius 3 is 3.00 bits per heavy atom. The second kappa shape index (κ2) is 5.94. The van der Waals surface area contributed by atoms with Crippen LogP contribution in [0.5, 0.6) is 0 Å². The predicted octanol–water partition coefficient (Wildman–Crippen LogP) is 1.21. The fraction of sp³-hybridized carbons (Fsp3) is 0.667. The average molecular weight is 199 g/mol. The van der Waals surface area contributed by atoms with Crippen LogP contribution in [-0.4, -0.2) is 11.7 Å². The van der Waals surface area contributed by atoms with Gasteiger partial charge < -0.3 is 10.7 Å². The highest BCUT2D eigenvalue weighted by Gasteiger charge is 2.02. The van der Waals surface area contributed by atoms with E-state index in [1.807, 2.05) is 0 Å². The molecule has 1 aliphatic carbocycles. The van der Waals surface area contributed by atoms with Crippen molar-refractivity contribution in [2.45, 2.75) is 32.1 Å². The Bertz CT molecular complexity index is 201. The van der Waals surface area contributed by atoms with Crippen molar-refractivity contribution in [1.29, 1.82) is 0 Å². The Morgan fingerprint density at radius 1 is 1.54 bits per heavy atom. The smallest absolute Gasteiger partial charge is 0.180 e. The van der Waals surface area contributed by atoms with Crippen molar-refractivity contribution in [2.24, 2.45) is 5.84 Å². The molecule has 13 heavy (non-hydrogen) atoms. The van der Waals surface area contributed by atoms with E-state index in [1.165, 1.54) is 25.7 Å². The molecule has 0 atom stereocenters. The van der Waals surface area contributed by atoms with Gasteiger partial charge in [-0.1, -0.05) is 11.6 Å². The van der Waals surface area contributed by atoms with Gasteiger partial charge in [-0.2, -0.15) is 0 Å². The van der Waals surface area contributed by atoms with Crippen molar-refractivity contribution in [3.63, 3.8) is 0 Å². The van der Waals surface area contributed by atoms with Crippen molar-refractivity contribution < 1.29 is 0 Å². The molecule has 4 heteroatoms. The van der Waals surface area contributed by atoms with Gasteiger partial charge in [-0.05, 0) is 44.3 Å². The van der Waals surface area contributed by atoms with Crippen LogP contribution in [0.3, 0.4) is 0 Å². The summed E-state index contributed by atoms with van der Waals surface area (Å²) in [4.78, 5) is 0. The van der Waals surface area contributed by atoms with E-state index in [-0.39, 0.29) is 0 Å². The van der Waals surface area contributed by atoms with E-state index in [9.17, 15) is 0 Å². The minimum Gasteiger partial charge on any atom is -0.361 e. The van der Waals surface area contributed by atoms with Gasteiger partial charge in [-0.15, -0.1) is 0 Å². The Labute approximate surface area is 84.7 Å². The maximum absolute atomic E-state index is 5.12. The minimum absolute atomic E-state index is 0.524. The van der Waals surface area contributed by atoms with Crippen LogP contribution in [0.25, 0.3) is 0 Å². The lowest BCUT2D eigenvalue weighted by atomic mass is 9.97. The van der Waals surface area contributed by atoms with Gasteiger partial charge in [0.2, 0.25) is 0 Å². The number of allylic oxidation sites excluding steroid dienone is 1. The largest absolute Gasteiger partial charge is 0.361 e. The summed E-state index contributed by atoms with van der Waals surface area (Å²) in [5, 5.41) is 3.56. The van der Waals surface area contributed by atoms with Crippen molar-refractivity contribution >= 4 is 17.3 Å². The number of rotatable bonds is 3. The number of hydrogen-bond acceptors (Lipinski definition) is 2. The van der Waals surface area contributed by atoms with E-state index in [4.69, 9.17) is 18.1 Å². The highest BCUT2D eigenvalue weighted by molar-refractivity contribution is 7.80. The first-order valence-corrected chi connectivity index (χ1v) is 5.16. The molecule has 1 rings (SSSR count). The van der Waals surface area contributed by atoms with Crippen molar-refractivity contribution in [2.75, 3.05) is 6.54 Å². The van der Waals surface area contributed by atoms with Crippen LogP contribution < -0.4 is 16.6 Å². The van der Waals surface area contributed by atoms with Gasteiger partial charge in [0.1, 0.15) is 0 Å². The van der Waals surface area contributed by atoms with E-state index in [0.717, 1.165) is 13.0 Å². The Balaban J connectivity index is 2.11. The van der Waals surface area contributed by atoms with Gasteiger partial charge in [-0.25, -0.2) is 5.84 Å². The zero-order valence-electron chi connectivity index (χ0n) is 7.81. The molecule has 1 aliphatic rings. The molecular weight excluding hydrogens is 182 g/mol. The molecule has 0 aromatic heterocycles. The number of nitrogens with two attached hydrogens (primary N) is 1. The molecule has 0 radical (unpaired) electrons. The normalized spacial score (nSPS) is 16.2. The quantitative estimate of drug-likeness (QED) is 0.277. The van der Waals surface area contributed by atoms with Crippen LogP contribution in [-0.2, 0) is 0 Å². The Morgan fingerprint density at radius 2 is 2.38 bits per heavy atom. The maximum Gasteiger partial charge on any atom is 0.180 e. The van der Waals surface area contributed by atoms with Crippen LogP contribution in [0.4, 0.5) is 0 Å². The van der Waals surface area contributed by atoms with Crippen LogP contribution in [0, 0.1) is 0 Å². The second-order valence-electron chi connectivity index (χ2n) is 3.26. The number of thiocarbonyl (C=S) groups is 1. The van der Waals surface area contributed by atoms with E-state index >= 15 is 0 Å². The van der Waals surface area contributed by atoms with E-state index in [1.54, 1.807) is 5.57 Å². The fourth-order valence-electron chi connectivity index (χ4n) is 1.52. The van der Waals surface area contributed by atoms with Gasteiger partial charge in [-0.3, -0.25) is 0 Å². The van der Waals surface area contributed by atoms with Crippen LogP contribution in [0.2, 0.25) is 0 Å². The fourth-order valence-corrected chi connectivity index (χ4v) is 1.62.